The van der Waals surface area contributed by atoms with E-state index in [1.54, 1.807) is 11.8 Å². The van der Waals surface area contributed by atoms with Gasteiger partial charge in [0.25, 0.3) is 12.0 Å². The van der Waals surface area contributed by atoms with Crippen LogP contribution in [0.15, 0.2) is 9.59 Å². The van der Waals surface area contributed by atoms with Gasteiger partial charge in [0.15, 0.2) is 0 Å². The molecule has 0 amide bonds. The minimum atomic E-state index is -3.27. The van der Waals surface area contributed by atoms with Crippen LogP contribution in [0.4, 0.5) is 22.0 Å². The lowest BCUT2D eigenvalue weighted by atomic mass is 9.76. The predicted molar refractivity (Wildman–Crippen MR) is 114 cm³/mol. The Morgan fingerprint density at radius 3 is 2.30 bits per heavy atom. The molecule has 2 fully saturated rings. The molecular formula is C22H29F5N4O2. The number of H-pyrrole nitrogens is 1. The van der Waals surface area contributed by atoms with E-state index in [1.807, 2.05) is 0 Å². The molecule has 0 aromatic carbocycles. The Balaban J connectivity index is 1.74. The van der Waals surface area contributed by atoms with Crippen molar-refractivity contribution in [1.29, 1.82) is 0 Å². The fourth-order valence-corrected chi connectivity index (χ4v) is 5.48. The van der Waals surface area contributed by atoms with Crippen molar-refractivity contribution in [1.82, 2.24) is 14.5 Å². The van der Waals surface area contributed by atoms with Gasteiger partial charge in [0, 0.05) is 18.6 Å². The number of rotatable bonds is 7. The topological polar surface area (TPSA) is 84.1 Å². The molecule has 2 aliphatic carbocycles. The standard InChI is InChI=1S/C22H29F5N4O2/c1-10-14-16(31(13-3-4-13)21(33)29-19(14)32)11(2)17(15(10)25)30-6-5-12(7-30)18(28)22(8-23,9-24)20(26)27/h12-13,15,17-18,20H,3-9,28H2,1-2H3,(H,29,32,33). The lowest BCUT2D eigenvalue weighted by molar-refractivity contribution is -0.0650. The first kappa shape index (κ1) is 24.1. The molecule has 6 nitrogen and oxygen atoms in total. The summed E-state index contributed by atoms with van der Waals surface area (Å²) in [5, 5.41) is 0.562. The number of likely N-dealkylation sites (tertiary alicyclic amines) is 1. The Morgan fingerprint density at radius 2 is 1.76 bits per heavy atom. The highest BCUT2D eigenvalue weighted by Gasteiger charge is 2.51. The van der Waals surface area contributed by atoms with Crippen LogP contribution in [0.1, 0.15) is 39.2 Å². The molecule has 1 aromatic rings. The molecule has 0 radical (unpaired) electrons. The molecule has 0 bridgehead atoms. The Morgan fingerprint density at radius 1 is 1.12 bits per heavy atom. The van der Waals surface area contributed by atoms with Gasteiger partial charge in [-0.05, 0) is 56.7 Å². The number of hydrogen-bond donors (Lipinski definition) is 2. The van der Waals surface area contributed by atoms with E-state index in [9.17, 15) is 27.2 Å². The van der Waals surface area contributed by atoms with Crippen LogP contribution >= 0.6 is 0 Å². The maximum Gasteiger partial charge on any atom is 0.329 e. The fourth-order valence-electron chi connectivity index (χ4n) is 5.48. The summed E-state index contributed by atoms with van der Waals surface area (Å²) in [6.45, 7) is 0.370. The smallest absolute Gasteiger partial charge is 0.327 e. The molecule has 1 saturated carbocycles. The first-order valence-corrected chi connectivity index (χ1v) is 11.2. The number of aromatic nitrogens is 2. The molecule has 4 rings (SSSR count). The van der Waals surface area contributed by atoms with E-state index in [1.165, 1.54) is 11.5 Å². The molecule has 2 heterocycles. The van der Waals surface area contributed by atoms with Crippen LogP contribution in [0.3, 0.4) is 0 Å². The molecule has 11 heteroatoms. The zero-order valence-electron chi connectivity index (χ0n) is 18.6. The van der Waals surface area contributed by atoms with E-state index in [2.05, 4.69) is 4.98 Å². The first-order chi connectivity index (χ1) is 15.6. The third-order valence-corrected chi connectivity index (χ3v) is 7.71. The van der Waals surface area contributed by atoms with Gasteiger partial charge in [0.2, 0.25) is 0 Å². The monoisotopic (exact) mass is 476 g/mol. The van der Waals surface area contributed by atoms with E-state index in [0.717, 1.165) is 12.8 Å². The van der Waals surface area contributed by atoms with Crippen molar-refractivity contribution < 1.29 is 22.0 Å². The summed E-state index contributed by atoms with van der Waals surface area (Å²) >= 11 is 0. The molecule has 4 atom stereocenters. The average Bonchev–Trinajstić information content (AvgIpc) is 3.49. The molecule has 0 spiro atoms. The summed E-state index contributed by atoms with van der Waals surface area (Å²) in [7, 11) is 0. The second kappa shape index (κ2) is 8.65. The summed E-state index contributed by atoms with van der Waals surface area (Å²) in [4.78, 5) is 29.1. The van der Waals surface area contributed by atoms with E-state index in [4.69, 9.17) is 5.73 Å². The number of aromatic amines is 1. The van der Waals surface area contributed by atoms with Crippen LogP contribution in [0, 0.1) is 11.3 Å². The molecule has 3 aliphatic rings. The lowest BCUT2D eigenvalue weighted by Gasteiger charge is -2.38. The third kappa shape index (κ3) is 3.67. The average molecular weight is 476 g/mol. The van der Waals surface area contributed by atoms with Gasteiger partial charge in [-0.2, -0.15) is 0 Å². The molecular weight excluding hydrogens is 447 g/mol. The van der Waals surface area contributed by atoms with Crippen molar-refractivity contribution in [2.45, 2.75) is 63.8 Å². The summed E-state index contributed by atoms with van der Waals surface area (Å²) in [5.74, 6) is -0.656. The van der Waals surface area contributed by atoms with E-state index >= 15 is 4.39 Å². The van der Waals surface area contributed by atoms with Gasteiger partial charge in [-0.25, -0.2) is 18.0 Å². The molecule has 4 unspecified atom stereocenters. The number of nitrogens with one attached hydrogen (secondary N) is 1. The second-order valence-corrected chi connectivity index (χ2v) is 9.67. The van der Waals surface area contributed by atoms with Gasteiger partial charge in [-0.3, -0.25) is 28.0 Å². The summed E-state index contributed by atoms with van der Waals surface area (Å²) < 4.78 is 71.3. The van der Waals surface area contributed by atoms with Crippen molar-refractivity contribution in [2.24, 2.45) is 17.1 Å². The maximum atomic E-state index is 15.7. The van der Waals surface area contributed by atoms with Crippen LogP contribution in [0.2, 0.25) is 0 Å². The van der Waals surface area contributed by atoms with Crippen molar-refractivity contribution in [3.63, 3.8) is 0 Å². The van der Waals surface area contributed by atoms with Crippen LogP contribution in [0.5, 0.6) is 0 Å². The van der Waals surface area contributed by atoms with Crippen LogP contribution in [-0.2, 0) is 0 Å². The van der Waals surface area contributed by atoms with Gasteiger partial charge in [0.1, 0.15) is 24.9 Å². The minimum absolute atomic E-state index is 0.0665. The third-order valence-electron chi connectivity index (χ3n) is 7.71. The van der Waals surface area contributed by atoms with Crippen molar-refractivity contribution >= 4 is 11.1 Å². The van der Waals surface area contributed by atoms with Gasteiger partial charge < -0.3 is 5.73 Å². The summed E-state index contributed by atoms with van der Waals surface area (Å²) in [5.41, 5.74) is 2.90. The van der Waals surface area contributed by atoms with E-state index < -0.39 is 60.6 Å². The minimum Gasteiger partial charge on any atom is -0.327 e. The van der Waals surface area contributed by atoms with Gasteiger partial charge in [-0.15, -0.1) is 0 Å². The van der Waals surface area contributed by atoms with Crippen molar-refractivity contribution in [3.05, 3.63) is 31.4 Å². The summed E-state index contributed by atoms with van der Waals surface area (Å²) in [6, 6.07) is -2.34. The number of fused-ring (bicyclic) bond motifs is 1. The zero-order valence-corrected chi connectivity index (χ0v) is 18.6. The second-order valence-electron chi connectivity index (χ2n) is 9.67. The van der Waals surface area contributed by atoms with Gasteiger partial charge in [0.05, 0.1) is 16.6 Å². The normalized spacial score (nSPS) is 27.4. The van der Waals surface area contributed by atoms with E-state index in [0.29, 0.717) is 10.9 Å². The first-order valence-electron chi connectivity index (χ1n) is 11.2. The van der Waals surface area contributed by atoms with E-state index in [-0.39, 0.29) is 36.3 Å². The van der Waals surface area contributed by atoms with Gasteiger partial charge >= 0.3 is 5.69 Å². The lowest BCUT2D eigenvalue weighted by Crippen LogP contribution is -2.61. The molecule has 184 valence electrons. The molecule has 3 N–H and O–H groups in total. The van der Waals surface area contributed by atoms with Gasteiger partial charge in [-0.1, -0.05) is 0 Å². The highest BCUT2D eigenvalue weighted by molar-refractivity contribution is 5.62. The van der Waals surface area contributed by atoms with Crippen LogP contribution < -0.4 is 27.6 Å². The Hall–Kier alpha value is -2.01. The Kier molecular flexibility index (Phi) is 6.32. The quantitative estimate of drug-likeness (QED) is 0.570. The van der Waals surface area contributed by atoms with Crippen LogP contribution in [0.25, 0.3) is 11.1 Å². The highest BCUT2D eigenvalue weighted by atomic mass is 19.3. The SMILES string of the molecule is CC1=c2c(=O)[nH]c(=O)n(C3CC3)c2=C(C)C(N2CCC(C(N)C(CF)(CF)C(F)F)C2)C1F. The fraction of sp³-hybridized carbons (Fsp3) is 0.727. The molecule has 1 aromatic heterocycles. The molecule has 1 saturated heterocycles. The van der Waals surface area contributed by atoms with Crippen molar-refractivity contribution in [3.8, 4) is 0 Å². The molecule has 33 heavy (non-hydrogen) atoms. The highest BCUT2D eigenvalue weighted by Crippen LogP contribution is 2.39. The maximum absolute atomic E-state index is 15.7. The number of nitrogens with zero attached hydrogens (tertiary/aromatic N) is 2. The van der Waals surface area contributed by atoms with Crippen LogP contribution in [-0.4, -0.2) is 65.6 Å². The van der Waals surface area contributed by atoms with Crippen molar-refractivity contribution in [2.75, 3.05) is 26.4 Å². The summed E-state index contributed by atoms with van der Waals surface area (Å²) in [6.07, 6.45) is -3.01. The number of halogens is 5. The largest absolute Gasteiger partial charge is 0.329 e. The number of alkyl halides is 5. The Bertz CT molecular complexity index is 1150. The molecule has 1 aliphatic heterocycles. The Labute approximate surface area is 187 Å². The zero-order chi connectivity index (χ0) is 24.2. The number of nitrogens with two attached hydrogens (primary N) is 1. The predicted octanol–water partition coefficient (Wildman–Crippen LogP) is 0.773. The number of hydrogen-bond acceptors (Lipinski definition) is 4.